The van der Waals surface area contributed by atoms with Gasteiger partial charge in [-0.1, -0.05) is 0 Å². The molecule has 2 rings (SSSR count). The summed E-state index contributed by atoms with van der Waals surface area (Å²) in [6.45, 7) is 1.44. The molecule has 5 nitrogen and oxygen atoms in total. The number of anilines is 2. The van der Waals surface area contributed by atoms with Crippen molar-refractivity contribution in [2.45, 2.75) is 12.6 Å². The van der Waals surface area contributed by atoms with E-state index in [4.69, 9.17) is 0 Å². The largest absolute Gasteiger partial charge is 0.416 e. The van der Waals surface area contributed by atoms with Gasteiger partial charge in [0.05, 0.1) is 17.4 Å². The molecule has 0 saturated heterocycles. The van der Waals surface area contributed by atoms with E-state index in [9.17, 15) is 18.0 Å². The topological polar surface area (TPSA) is 57.3 Å². The summed E-state index contributed by atoms with van der Waals surface area (Å²) in [5.74, 6) is -0.259. The number of hydrogen-bond acceptors (Lipinski definition) is 4. The Balaban J connectivity index is 1.89. The van der Waals surface area contributed by atoms with E-state index in [1.807, 2.05) is 19.0 Å². The van der Waals surface area contributed by atoms with Crippen LogP contribution in [0.4, 0.5) is 24.5 Å². The first-order valence-electron chi connectivity index (χ1n) is 8.09. The maximum Gasteiger partial charge on any atom is 0.416 e. The van der Waals surface area contributed by atoms with E-state index in [0.29, 0.717) is 17.9 Å². The first-order chi connectivity index (χ1) is 12.3. The van der Waals surface area contributed by atoms with Crippen molar-refractivity contribution in [1.82, 2.24) is 15.2 Å². The van der Waals surface area contributed by atoms with E-state index in [2.05, 4.69) is 15.6 Å². The van der Waals surface area contributed by atoms with Gasteiger partial charge < -0.3 is 15.5 Å². The van der Waals surface area contributed by atoms with Crippen molar-refractivity contribution >= 4 is 17.3 Å². The summed E-state index contributed by atoms with van der Waals surface area (Å²) in [6.07, 6.45) is -2.06. The number of hydrogen-bond donors (Lipinski definition) is 2. The van der Waals surface area contributed by atoms with Crippen LogP contribution in [0.15, 0.2) is 42.6 Å². The molecule has 1 amide bonds. The quantitative estimate of drug-likeness (QED) is 0.736. The summed E-state index contributed by atoms with van der Waals surface area (Å²) in [6, 6.07) is 7.91. The Kier molecular flexibility index (Phi) is 6.57. The first kappa shape index (κ1) is 19.7. The maximum atomic E-state index is 12.5. The molecule has 0 bridgehead atoms. The monoisotopic (exact) mass is 366 g/mol. The highest BCUT2D eigenvalue weighted by Crippen LogP contribution is 2.30. The Morgan fingerprint density at radius 3 is 2.27 bits per heavy atom. The maximum absolute atomic E-state index is 12.5. The fourth-order valence-corrected chi connectivity index (χ4v) is 2.20. The molecule has 0 aliphatic carbocycles. The molecule has 1 heterocycles. The fourth-order valence-electron chi connectivity index (χ4n) is 2.20. The van der Waals surface area contributed by atoms with E-state index < -0.39 is 11.7 Å². The summed E-state index contributed by atoms with van der Waals surface area (Å²) in [5, 5.41) is 5.74. The van der Waals surface area contributed by atoms with E-state index in [1.54, 1.807) is 12.1 Å². The van der Waals surface area contributed by atoms with E-state index in [0.717, 1.165) is 25.1 Å². The third kappa shape index (κ3) is 6.03. The molecular weight excluding hydrogens is 345 g/mol. The number of alkyl halides is 3. The van der Waals surface area contributed by atoms with Crippen molar-refractivity contribution in [2.24, 2.45) is 0 Å². The Morgan fingerprint density at radius 2 is 1.73 bits per heavy atom. The minimum atomic E-state index is -4.36. The molecule has 1 aromatic carbocycles. The van der Waals surface area contributed by atoms with Gasteiger partial charge in [-0.05, 0) is 63.5 Å². The van der Waals surface area contributed by atoms with Gasteiger partial charge in [-0.25, -0.2) is 4.98 Å². The van der Waals surface area contributed by atoms with Crippen molar-refractivity contribution in [2.75, 3.05) is 32.5 Å². The van der Waals surface area contributed by atoms with Crippen LogP contribution in [0.1, 0.15) is 22.5 Å². The molecule has 0 saturated carbocycles. The molecule has 0 fully saturated rings. The highest BCUT2D eigenvalue weighted by Gasteiger charge is 2.29. The van der Waals surface area contributed by atoms with Gasteiger partial charge in [0.2, 0.25) is 0 Å². The number of rotatable bonds is 7. The molecule has 0 radical (unpaired) electrons. The van der Waals surface area contributed by atoms with Crippen LogP contribution >= 0.6 is 0 Å². The minimum Gasteiger partial charge on any atom is -0.354 e. The zero-order chi connectivity index (χ0) is 19.2. The Bertz CT molecular complexity index is 713. The van der Waals surface area contributed by atoms with Crippen molar-refractivity contribution in [3.8, 4) is 0 Å². The summed E-state index contributed by atoms with van der Waals surface area (Å²) >= 11 is 0. The number of benzene rings is 1. The summed E-state index contributed by atoms with van der Waals surface area (Å²) in [5.41, 5.74) is 0.657. The molecule has 0 aliphatic rings. The van der Waals surface area contributed by atoms with Gasteiger partial charge in [-0.3, -0.25) is 4.79 Å². The van der Waals surface area contributed by atoms with Crippen LogP contribution in [0.3, 0.4) is 0 Å². The number of nitrogens with zero attached hydrogens (tertiary/aromatic N) is 2. The van der Waals surface area contributed by atoms with Gasteiger partial charge in [-0.2, -0.15) is 13.2 Å². The molecule has 2 aromatic rings. The lowest BCUT2D eigenvalue weighted by atomic mass is 10.2. The summed E-state index contributed by atoms with van der Waals surface area (Å²) in [7, 11) is 3.93. The fraction of sp³-hybridized carbons (Fsp3) is 0.333. The van der Waals surface area contributed by atoms with Crippen molar-refractivity contribution in [3.63, 3.8) is 0 Å². The molecule has 8 heteroatoms. The third-order valence-electron chi connectivity index (χ3n) is 3.56. The number of amides is 1. The van der Waals surface area contributed by atoms with Crippen molar-refractivity contribution in [1.29, 1.82) is 0 Å². The molecule has 140 valence electrons. The second-order valence-corrected chi connectivity index (χ2v) is 6.04. The van der Waals surface area contributed by atoms with Gasteiger partial charge in [0.15, 0.2) is 0 Å². The highest BCUT2D eigenvalue weighted by atomic mass is 19.4. The average molecular weight is 366 g/mol. The molecule has 0 atom stereocenters. The summed E-state index contributed by atoms with van der Waals surface area (Å²) in [4.78, 5) is 18.1. The zero-order valence-electron chi connectivity index (χ0n) is 14.6. The second kappa shape index (κ2) is 8.66. The Hall–Kier alpha value is -2.61. The lowest BCUT2D eigenvalue weighted by molar-refractivity contribution is -0.137. The Morgan fingerprint density at radius 1 is 1.08 bits per heavy atom. The van der Waals surface area contributed by atoms with Crippen LogP contribution in [0.5, 0.6) is 0 Å². The predicted molar refractivity (Wildman–Crippen MR) is 94.5 cm³/mol. The number of nitrogens with one attached hydrogen (secondary N) is 2. The third-order valence-corrected chi connectivity index (χ3v) is 3.56. The predicted octanol–water partition coefficient (Wildman–Crippen LogP) is 3.53. The van der Waals surface area contributed by atoms with Gasteiger partial charge >= 0.3 is 6.18 Å². The highest BCUT2D eigenvalue weighted by molar-refractivity contribution is 5.92. The van der Waals surface area contributed by atoms with Gasteiger partial charge in [-0.15, -0.1) is 0 Å². The van der Waals surface area contributed by atoms with E-state index in [1.165, 1.54) is 18.3 Å². The Labute approximate surface area is 150 Å². The minimum absolute atomic E-state index is 0.259. The summed E-state index contributed by atoms with van der Waals surface area (Å²) < 4.78 is 37.6. The lowest BCUT2D eigenvalue weighted by Gasteiger charge is -2.11. The van der Waals surface area contributed by atoms with Crippen LogP contribution in [0.25, 0.3) is 0 Å². The van der Waals surface area contributed by atoms with Gasteiger partial charge in [0.1, 0.15) is 5.69 Å². The number of carbonyl (C=O) groups excluding carboxylic acids is 1. The molecular formula is C18H21F3N4O. The van der Waals surface area contributed by atoms with Crippen LogP contribution in [-0.4, -0.2) is 43.0 Å². The smallest absolute Gasteiger partial charge is 0.354 e. The number of aromatic nitrogens is 1. The lowest BCUT2D eigenvalue weighted by Crippen LogP contribution is -2.27. The number of pyridine rings is 1. The van der Waals surface area contributed by atoms with E-state index in [-0.39, 0.29) is 11.6 Å². The van der Waals surface area contributed by atoms with Crippen LogP contribution < -0.4 is 10.6 Å². The molecule has 1 aromatic heterocycles. The van der Waals surface area contributed by atoms with Gasteiger partial charge in [0.25, 0.3) is 5.91 Å². The van der Waals surface area contributed by atoms with E-state index >= 15 is 0 Å². The number of carbonyl (C=O) groups is 1. The van der Waals surface area contributed by atoms with Crippen molar-refractivity contribution in [3.05, 3.63) is 53.9 Å². The van der Waals surface area contributed by atoms with Crippen LogP contribution in [0.2, 0.25) is 0 Å². The second-order valence-electron chi connectivity index (χ2n) is 6.04. The SMILES string of the molecule is CN(C)CCCNC(=O)c1ccc(Nc2ccc(C(F)(F)F)cc2)cn1. The van der Waals surface area contributed by atoms with Gasteiger partial charge in [0, 0.05) is 12.2 Å². The molecule has 2 N–H and O–H groups in total. The standard InChI is InChI=1S/C18H21F3N4O/c1-25(2)11-3-10-22-17(26)16-9-8-15(12-23-16)24-14-6-4-13(5-7-14)18(19,20)21/h4-9,12,24H,3,10-11H2,1-2H3,(H,22,26). The molecule has 0 spiro atoms. The van der Waals surface area contributed by atoms with Crippen molar-refractivity contribution < 1.29 is 18.0 Å². The van der Waals surface area contributed by atoms with Crippen LogP contribution in [-0.2, 0) is 6.18 Å². The number of halogens is 3. The zero-order valence-corrected chi connectivity index (χ0v) is 14.6. The van der Waals surface area contributed by atoms with Crippen LogP contribution in [0, 0.1) is 0 Å². The first-order valence-corrected chi connectivity index (χ1v) is 8.09. The average Bonchev–Trinajstić information content (AvgIpc) is 2.59. The molecule has 0 unspecified atom stereocenters. The molecule has 0 aliphatic heterocycles. The molecule has 26 heavy (non-hydrogen) atoms. The normalized spacial score (nSPS) is 11.5.